The Morgan fingerprint density at radius 1 is 0.471 bits per heavy atom. The fourth-order valence-corrected chi connectivity index (χ4v) is 5.47. The molecule has 3 aromatic rings. The first-order chi connectivity index (χ1) is 24.1. The molecule has 0 atom stereocenters. The molecule has 3 rings (SSSR count). The molecule has 0 heterocycles. The van der Waals surface area contributed by atoms with Gasteiger partial charge in [0.1, 0.15) is 17.2 Å². The summed E-state index contributed by atoms with van der Waals surface area (Å²) >= 11 is 0. The smallest absolute Gasteiger partial charge is 0.490 e. The monoisotopic (exact) mass is 733 g/mol. The van der Waals surface area contributed by atoms with Crippen molar-refractivity contribution in [3.05, 3.63) is 83.4 Å². The maximum absolute atomic E-state index is 13.9. The fraction of sp³-hybridized carbons (Fsp3) is 0.514. The van der Waals surface area contributed by atoms with Gasteiger partial charge in [0.15, 0.2) is 0 Å². The molecule has 0 bridgehead atoms. The van der Waals surface area contributed by atoms with E-state index in [0.29, 0.717) is 25.9 Å². The highest BCUT2D eigenvalue weighted by atomic mass is 19.4. The van der Waals surface area contributed by atoms with E-state index >= 15 is 0 Å². The van der Waals surface area contributed by atoms with E-state index in [1.54, 1.807) is 4.90 Å². The lowest BCUT2D eigenvalue weighted by atomic mass is 10.1. The van der Waals surface area contributed by atoms with E-state index in [2.05, 4.69) is 6.92 Å². The standard InChI is InChI=1S/C37H45BF9NO3/c1-3-5-6-7-8-9-10-11-12-13-14-26-48(25-4-2)33-27-30(37(45,46)47)19-24-34(33)51-38(49-31-20-15-28(16-21-31)35(39,40)41)50-32-22-17-29(18-23-32)36(42,43)44/h15-24,27H,3-14,25-26H2,1-2H3. The molecule has 3 aromatic carbocycles. The van der Waals surface area contributed by atoms with Crippen LogP contribution in [0.25, 0.3) is 0 Å². The van der Waals surface area contributed by atoms with Crippen LogP contribution < -0.4 is 18.9 Å². The van der Waals surface area contributed by atoms with Crippen LogP contribution in [0, 0.1) is 0 Å². The quantitative estimate of drug-likeness (QED) is 0.0620. The second-order valence-corrected chi connectivity index (χ2v) is 12.4. The third-order valence-electron chi connectivity index (χ3n) is 8.20. The summed E-state index contributed by atoms with van der Waals surface area (Å²) in [6.07, 6.45) is -1.19. The van der Waals surface area contributed by atoms with E-state index in [9.17, 15) is 39.5 Å². The average molecular weight is 734 g/mol. The third kappa shape index (κ3) is 14.4. The minimum absolute atomic E-state index is 0.0802. The van der Waals surface area contributed by atoms with Crippen LogP contribution >= 0.6 is 0 Å². The summed E-state index contributed by atoms with van der Waals surface area (Å²) in [6.45, 7) is 4.88. The van der Waals surface area contributed by atoms with Crippen molar-refractivity contribution >= 4 is 13.0 Å². The Labute approximate surface area is 294 Å². The van der Waals surface area contributed by atoms with Crippen LogP contribution in [-0.2, 0) is 18.5 Å². The van der Waals surface area contributed by atoms with E-state index in [0.717, 1.165) is 92.4 Å². The van der Waals surface area contributed by atoms with Crippen molar-refractivity contribution in [1.82, 2.24) is 0 Å². The molecule has 0 amide bonds. The molecular formula is C37H45BF9NO3. The van der Waals surface area contributed by atoms with Crippen LogP contribution in [0.15, 0.2) is 66.7 Å². The molecule has 4 nitrogen and oxygen atoms in total. The molecule has 51 heavy (non-hydrogen) atoms. The molecule has 0 aliphatic rings. The van der Waals surface area contributed by atoms with Gasteiger partial charge < -0.3 is 18.9 Å². The minimum atomic E-state index is -4.67. The van der Waals surface area contributed by atoms with Gasteiger partial charge in [-0.15, -0.1) is 0 Å². The topological polar surface area (TPSA) is 30.9 Å². The summed E-state index contributed by atoms with van der Waals surface area (Å²) in [6, 6.07) is 9.88. The van der Waals surface area contributed by atoms with Gasteiger partial charge in [-0.25, -0.2) is 0 Å². The van der Waals surface area contributed by atoms with Crippen molar-refractivity contribution < 1.29 is 53.5 Å². The van der Waals surface area contributed by atoms with Gasteiger partial charge in [-0.2, -0.15) is 39.5 Å². The summed E-state index contributed by atoms with van der Waals surface area (Å²) in [7, 11) is -1.82. The lowest BCUT2D eigenvalue weighted by Gasteiger charge is -2.28. The van der Waals surface area contributed by atoms with Gasteiger partial charge in [0.25, 0.3) is 0 Å². The molecular weight excluding hydrogens is 688 g/mol. The van der Waals surface area contributed by atoms with Crippen LogP contribution in [0.1, 0.15) is 108 Å². The van der Waals surface area contributed by atoms with Gasteiger partial charge >= 0.3 is 25.9 Å². The Hall–Kier alpha value is -3.71. The Bertz CT molecular complexity index is 1370. The largest absolute Gasteiger partial charge is 0.864 e. The second-order valence-electron chi connectivity index (χ2n) is 12.4. The summed E-state index contributed by atoms with van der Waals surface area (Å²) in [5.74, 6) is -0.386. The summed E-state index contributed by atoms with van der Waals surface area (Å²) < 4.78 is 138. The Morgan fingerprint density at radius 3 is 1.29 bits per heavy atom. The zero-order valence-corrected chi connectivity index (χ0v) is 28.9. The summed E-state index contributed by atoms with van der Waals surface area (Å²) in [4.78, 5) is 1.77. The molecule has 282 valence electrons. The molecule has 0 radical (unpaired) electrons. The van der Waals surface area contributed by atoms with Crippen molar-refractivity contribution in [2.45, 2.75) is 109 Å². The zero-order chi connectivity index (χ0) is 37.5. The van der Waals surface area contributed by atoms with Crippen molar-refractivity contribution in [3.63, 3.8) is 0 Å². The molecule has 0 aromatic heterocycles. The zero-order valence-electron chi connectivity index (χ0n) is 28.9. The van der Waals surface area contributed by atoms with Crippen LogP contribution in [0.2, 0.25) is 0 Å². The van der Waals surface area contributed by atoms with Crippen LogP contribution in [0.3, 0.4) is 0 Å². The number of alkyl halides is 9. The number of halogens is 9. The number of benzene rings is 3. The number of rotatable bonds is 21. The first-order valence-electron chi connectivity index (χ1n) is 17.4. The number of hydrogen-bond donors (Lipinski definition) is 0. The van der Waals surface area contributed by atoms with E-state index < -0.39 is 42.5 Å². The lowest BCUT2D eigenvalue weighted by molar-refractivity contribution is -0.138. The van der Waals surface area contributed by atoms with Gasteiger partial charge in [0.2, 0.25) is 0 Å². The van der Waals surface area contributed by atoms with E-state index in [-0.39, 0.29) is 22.9 Å². The molecule has 0 spiro atoms. The highest BCUT2D eigenvalue weighted by Gasteiger charge is 2.36. The highest BCUT2D eigenvalue weighted by molar-refractivity contribution is 6.39. The van der Waals surface area contributed by atoms with E-state index in [4.69, 9.17) is 14.0 Å². The Kier molecular flexibility index (Phi) is 16.2. The highest BCUT2D eigenvalue weighted by Crippen LogP contribution is 2.38. The molecule has 0 aliphatic carbocycles. The second kappa shape index (κ2) is 19.8. The normalized spacial score (nSPS) is 12.1. The molecule has 0 saturated carbocycles. The van der Waals surface area contributed by atoms with Crippen LogP contribution in [0.5, 0.6) is 17.2 Å². The Morgan fingerprint density at radius 2 is 0.882 bits per heavy atom. The van der Waals surface area contributed by atoms with Crippen LogP contribution in [0.4, 0.5) is 45.2 Å². The molecule has 14 heteroatoms. The van der Waals surface area contributed by atoms with Gasteiger partial charge in [0, 0.05) is 13.1 Å². The molecule has 0 N–H and O–H groups in total. The average Bonchev–Trinajstić information content (AvgIpc) is 3.06. The molecule has 0 saturated heterocycles. The van der Waals surface area contributed by atoms with Crippen molar-refractivity contribution in [1.29, 1.82) is 0 Å². The third-order valence-corrected chi connectivity index (χ3v) is 8.20. The predicted molar refractivity (Wildman–Crippen MR) is 181 cm³/mol. The molecule has 0 aliphatic heterocycles. The van der Waals surface area contributed by atoms with Crippen molar-refractivity contribution in [3.8, 4) is 17.2 Å². The van der Waals surface area contributed by atoms with Gasteiger partial charge in [0.05, 0.1) is 22.4 Å². The fourth-order valence-electron chi connectivity index (χ4n) is 5.47. The molecule has 0 unspecified atom stereocenters. The van der Waals surface area contributed by atoms with E-state index in [1.807, 2.05) is 6.92 Å². The number of hydrogen-bond acceptors (Lipinski definition) is 4. The van der Waals surface area contributed by atoms with E-state index in [1.165, 1.54) is 38.5 Å². The van der Waals surface area contributed by atoms with Crippen LogP contribution in [-0.4, -0.2) is 20.4 Å². The molecule has 0 fully saturated rings. The SMILES string of the molecule is CCCCCCCCCCCCCN(CCC)c1cc(C(F)(F)F)ccc1OB(Oc1ccc(C(F)(F)F)cc1)Oc1ccc(C(F)(F)F)cc1. The summed E-state index contributed by atoms with van der Waals surface area (Å²) in [5, 5.41) is 0. The van der Waals surface area contributed by atoms with Gasteiger partial charge in [-0.05, 0) is 79.6 Å². The number of anilines is 1. The predicted octanol–water partition coefficient (Wildman–Crippen LogP) is 12.8. The minimum Gasteiger partial charge on any atom is -0.490 e. The lowest BCUT2D eigenvalue weighted by Crippen LogP contribution is -2.38. The van der Waals surface area contributed by atoms with Crippen molar-refractivity contribution in [2.24, 2.45) is 0 Å². The first-order valence-corrected chi connectivity index (χ1v) is 17.4. The van der Waals surface area contributed by atoms with Gasteiger partial charge in [-0.3, -0.25) is 0 Å². The Balaban J connectivity index is 1.83. The summed E-state index contributed by atoms with van der Waals surface area (Å²) in [5.41, 5.74) is -2.75. The van der Waals surface area contributed by atoms with Crippen molar-refractivity contribution in [2.75, 3.05) is 18.0 Å². The maximum atomic E-state index is 13.9. The number of nitrogens with zero attached hydrogens (tertiary/aromatic N) is 1. The van der Waals surface area contributed by atoms with Gasteiger partial charge in [-0.1, -0.05) is 78.1 Å². The first kappa shape index (κ1) is 41.7. The number of unbranched alkanes of at least 4 members (excludes halogenated alkanes) is 10. The maximum Gasteiger partial charge on any atom is 0.864 e.